The van der Waals surface area contributed by atoms with Gasteiger partial charge in [0.2, 0.25) is 23.4 Å². The molecule has 0 spiro atoms. The van der Waals surface area contributed by atoms with Gasteiger partial charge in [-0.15, -0.1) is 0 Å². The van der Waals surface area contributed by atoms with Crippen molar-refractivity contribution in [3.63, 3.8) is 0 Å². The number of carbonyl (C=O) groups excluding carboxylic acids is 1. The molecule has 0 radical (unpaired) electrons. The van der Waals surface area contributed by atoms with Gasteiger partial charge in [-0.25, -0.2) is 14.4 Å². The maximum absolute atomic E-state index is 15.2. The lowest BCUT2D eigenvalue weighted by Gasteiger charge is -2.11. The van der Waals surface area contributed by atoms with E-state index in [9.17, 15) is 4.79 Å². The SMILES string of the molecule is Cc1c(CCC(=O)c2noc(C(C)(C)C)n2)ccc(-c2ncnc(Nc3ccn(C)n3)n2)c1F. The third kappa shape index (κ3) is 4.98. The zero-order valence-electron chi connectivity index (χ0n) is 19.6. The van der Waals surface area contributed by atoms with E-state index < -0.39 is 5.82 Å². The summed E-state index contributed by atoms with van der Waals surface area (Å²) >= 11 is 0. The van der Waals surface area contributed by atoms with E-state index in [0.29, 0.717) is 29.3 Å². The zero-order valence-corrected chi connectivity index (χ0v) is 19.6. The van der Waals surface area contributed by atoms with Crippen LogP contribution in [0.25, 0.3) is 11.4 Å². The van der Waals surface area contributed by atoms with E-state index >= 15 is 4.39 Å². The maximum Gasteiger partial charge on any atom is 0.238 e. The van der Waals surface area contributed by atoms with Crippen LogP contribution in [0.3, 0.4) is 0 Å². The van der Waals surface area contributed by atoms with Crippen LogP contribution in [0.5, 0.6) is 0 Å². The van der Waals surface area contributed by atoms with Gasteiger partial charge < -0.3 is 9.84 Å². The predicted octanol–water partition coefficient (Wildman–Crippen LogP) is 3.96. The summed E-state index contributed by atoms with van der Waals surface area (Å²) in [6.45, 7) is 7.44. The van der Waals surface area contributed by atoms with Gasteiger partial charge >= 0.3 is 0 Å². The van der Waals surface area contributed by atoms with Crippen molar-refractivity contribution >= 4 is 17.5 Å². The van der Waals surface area contributed by atoms with E-state index in [0.717, 1.165) is 0 Å². The standard InChI is InChI=1S/C23H25FN8O2/c1-13-14(7-9-16(33)20-28-21(34-31-20)23(2,3)4)6-8-15(18(13)24)19-25-12-26-22(29-19)27-17-10-11-32(5)30-17/h6,8,10-12H,7,9H2,1-5H3,(H,25,26,27,29,30). The highest BCUT2D eigenvalue weighted by molar-refractivity contribution is 5.92. The molecule has 0 atom stereocenters. The molecule has 4 aromatic rings. The van der Waals surface area contributed by atoms with E-state index in [1.165, 1.54) is 6.33 Å². The average molecular weight is 465 g/mol. The number of halogens is 1. The Bertz CT molecular complexity index is 1340. The number of rotatable bonds is 7. The smallest absolute Gasteiger partial charge is 0.238 e. The third-order valence-corrected chi connectivity index (χ3v) is 5.20. The summed E-state index contributed by atoms with van der Waals surface area (Å²) in [5.41, 5.74) is 1.03. The van der Waals surface area contributed by atoms with Crippen LogP contribution in [-0.2, 0) is 18.9 Å². The van der Waals surface area contributed by atoms with Gasteiger partial charge in [-0.2, -0.15) is 15.1 Å². The zero-order chi connectivity index (χ0) is 24.5. The molecule has 0 saturated carbocycles. The molecule has 0 aliphatic heterocycles. The number of ketones is 1. The second-order valence-electron chi connectivity index (χ2n) is 8.94. The minimum atomic E-state index is -0.450. The Morgan fingerprint density at radius 1 is 1.18 bits per heavy atom. The monoisotopic (exact) mass is 464 g/mol. The van der Waals surface area contributed by atoms with Gasteiger partial charge in [0, 0.05) is 31.1 Å². The van der Waals surface area contributed by atoms with Gasteiger partial charge in [0.1, 0.15) is 12.1 Å². The molecule has 1 aromatic carbocycles. The Balaban J connectivity index is 1.48. The molecule has 0 unspecified atom stereocenters. The van der Waals surface area contributed by atoms with E-state index in [-0.39, 0.29) is 40.8 Å². The van der Waals surface area contributed by atoms with E-state index in [1.54, 1.807) is 43.0 Å². The highest BCUT2D eigenvalue weighted by Crippen LogP contribution is 2.26. The molecule has 34 heavy (non-hydrogen) atoms. The first-order valence-electron chi connectivity index (χ1n) is 10.7. The van der Waals surface area contributed by atoms with Gasteiger partial charge in [-0.05, 0) is 30.5 Å². The van der Waals surface area contributed by atoms with Gasteiger partial charge in [0.15, 0.2) is 11.6 Å². The number of anilines is 2. The molecule has 176 valence electrons. The molecule has 0 fully saturated rings. The Hall–Kier alpha value is -4.02. The summed E-state index contributed by atoms with van der Waals surface area (Å²) in [4.78, 5) is 29.2. The topological polar surface area (TPSA) is 125 Å². The molecular formula is C23H25FN8O2. The molecule has 4 rings (SSSR count). The molecule has 0 aliphatic rings. The lowest BCUT2D eigenvalue weighted by atomic mass is 9.97. The van der Waals surface area contributed by atoms with Crippen LogP contribution < -0.4 is 5.32 Å². The van der Waals surface area contributed by atoms with Crippen molar-refractivity contribution in [3.05, 3.63) is 59.4 Å². The number of benzene rings is 1. The average Bonchev–Trinajstić information content (AvgIpc) is 3.44. The first-order chi connectivity index (χ1) is 16.1. The Labute approximate surface area is 195 Å². The Kier molecular flexibility index (Phi) is 6.18. The van der Waals surface area contributed by atoms with E-state index in [4.69, 9.17) is 4.52 Å². The second-order valence-corrected chi connectivity index (χ2v) is 8.94. The minimum Gasteiger partial charge on any atom is -0.338 e. The van der Waals surface area contributed by atoms with Gasteiger partial charge in [-0.1, -0.05) is 32.0 Å². The number of aryl methyl sites for hydroxylation is 2. The van der Waals surface area contributed by atoms with Crippen LogP contribution in [0.15, 0.2) is 35.2 Å². The van der Waals surface area contributed by atoms with Crippen LogP contribution in [0.2, 0.25) is 0 Å². The summed E-state index contributed by atoms with van der Waals surface area (Å²) < 4.78 is 22.1. The number of nitrogens with zero attached hydrogens (tertiary/aromatic N) is 7. The number of hydrogen-bond donors (Lipinski definition) is 1. The molecule has 1 N–H and O–H groups in total. The molecule has 3 aromatic heterocycles. The van der Waals surface area contributed by atoms with Gasteiger partial charge in [0.25, 0.3) is 0 Å². The van der Waals surface area contributed by atoms with Crippen molar-refractivity contribution in [1.29, 1.82) is 0 Å². The van der Waals surface area contributed by atoms with E-state index in [1.807, 2.05) is 20.8 Å². The minimum absolute atomic E-state index is 0.0396. The summed E-state index contributed by atoms with van der Waals surface area (Å²) in [7, 11) is 1.79. The van der Waals surface area contributed by atoms with Crippen molar-refractivity contribution in [3.8, 4) is 11.4 Å². The fourth-order valence-electron chi connectivity index (χ4n) is 3.25. The number of Topliss-reactive ketones (excluding diaryl/α,β-unsaturated/α-hetero) is 1. The maximum atomic E-state index is 15.2. The second kappa shape index (κ2) is 9.08. The molecule has 11 heteroatoms. The van der Waals surface area contributed by atoms with Crippen LogP contribution in [0, 0.1) is 12.7 Å². The largest absolute Gasteiger partial charge is 0.338 e. The molecule has 0 aliphatic carbocycles. The van der Waals surface area contributed by atoms with Gasteiger partial charge in [-0.3, -0.25) is 9.48 Å². The summed E-state index contributed by atoms with van der Waals surface area (Å²) in [5.74, 6) is 0.741. The quantitative estimate of drug-likeness (QED) is 0.405. The molecule has 3 heterocycles. The normalized spacial score (nSPS) is 11.6. The number of nitrogens with one attached hydrogen (secondary N) is 1. The fourth-order valence-corrected chi connectivity index (χ4v) is 3.25. The first kappa shape index (κ1) is 23.1. The number of hydrogen-bond acceptors (Lipinski definition) is 9. The number of carbonyl (C=O) groups is 1. The Morgan fingerprint density at radius 3 is 2.65 bits per heavy atom. The summed E-state index contributed by atoms with van der Waals surface area (Å²) in [6, 6.07) is 5.14. The molecule has 0 saturated heterocycles. The van der Waals surface area contributed by atoms with Crippen molar-refractivity contribution in [1.82, 2.24) is 34.9 Å². The van der Waals surface area contributed by atoms with Crippen molar-refractivity contribution < 1.29 is 13.7 Å². The molecule has 0 amide bonds. The highest BCUT2D eigenvalue weighted by Gasteiger charge is 2.24. The van der Waals surface area contributed by atoms with Crippen molar-refractivity contribution in [2.75, 3.05) is 5.32 Å². The highest BCUT2D eigenvalue weighted by atomic mass is 19.1. The van der Waals surface area contributed by atoms with Crippen LogP contribution in [0.1, 0.15) is 54.8 Å². The lowest BCUT2D eigenvalue weighted by molar-refractivity contribution is 0.0969. The van der Waals surface area contributed by atoms with Crippen molar-refractivity contribution in [2.24, 2.45) is 7.05 Å². The summed E-state index contributed by atoms with van der Waals surface area (Å²) in [5, 5.41) is 11.0. The van der Waals surface area contributed by atoms with Gasteiger partial charge in [0.05, 0.1) is 5.56 Å². The Morgan fingerprint density at radius 2 is 1.97 bits per heavy atom. The number of aromatic nitrogens is 7. The molecule has 10 nitrogen and oxygen atoms in total. The van der Waals surface area contributed by atoms with Crippen LogP contribution >= 0.6 is 0 Å². The predicted molar refractivity (Wildman–Crippen MR) is 122 cm³/mol. The van der Waals surface area contributed by atoms with Crippen LogP contribution in [0.4, 0.5) is 16.2 Å². The summed E-state index contributed by atoms with van der Waals surface area (Å²) in [6.07, 6.45) is 3.56. The lowest BCUT2D eigenvalue weighted by Crippen LogP contribution is -2.12. The first-order valence-corrected chi connectivity index (χ1v) is 10.7. The van der Waals surface area contributed by atoms with Crippen LogP contribution in [-0.4, -0.2) is 40.7 Å². The fraction of sp³-hybridized carbons (Fsp3) is 0.348. The molecule has 0 bridgehead atoms. The third-order valence-electron chi connectivity index (χ3n) is 5.20. The van der Waals surface area contributed by atoms with Crippen molar-refractivity contribution in [2.45, 2.75) is 46.0 Å². The molecular weight excluding hydrogens is 439 g/mol. The van der Waals surface area contributed by atoms with E-state index in [2.05, 4.69) is 35.5 Å².